The van der Waals surface area contributed by atoms with Gasteiger partial charge >= 0.3 is 5.97 Å². The van der Waals surface area contributed by atoms with Crippen LogP contribution in [0.2, 0.25) is 0 Å². The summed E-state index contributed by atoms with van der Waals surface area (Å²) < 4.78 is 5.18. The molecule has 0 bridgehead atoms. The van der Waals surface area contributed by atoms with E-state index in [1.165, 1.54) is 6.08 Å². The van der Waals surface area contributed by atoms with Crippen LogP contribution in [0.1, 0.15) is 13.8 Å². The summed E-state index contributed by atoms with van der Waals surface area (Å²) in [6, 6.07) is 0. The molecule has 11 heavy (non-hydrogen) atoms. The quantitative estimate of drug-likeness (QED) is 0.546. The number of esters is 1. The zero-order valence-corrected chi connectivity index (χ0v) is 9.40. The van der Waals surface area contributed by atoms with Crippen LogP contribution in [0, 0.1) is 5.92 Å². The summed E-state index contributed by atoms with van der Waals surface area (Å²) in [4.78, 5) is 10.8. The summed E-state index contributed by atoms with van der Waals surface area (Å²) in [6.45, 7) is 3.95. The lowest BCUT2D eigenvalue weighted by Crippen LogP contribution is -2.28. The molecule has 0 saturated heterocycles. The van der Waals surface area contributed by atoms with Crippen LogP contribution in [0.4, 0.5) is 0 Å². The number of hydrogen-bond acceptors (Lipinski definition) is 2. The number of rotatable bonds is 1. The molecule has 1 atom stereocenters. The van der Waals surface area contributed by atoms with E-state index in [9.17, 15) is 4.79 Å². The van der Waals surface area contributed by atoms with E-state index < -0.39 is 4.51 Å². The van der Waals surface area contributed by atoms with E-state index in [-0.39, 0.29) is 11.9 Å². The van der Waals surface area contributed by atoms with E-state index in [4.69, 9.17) is 4.74 Å². The molecule has 0 saturated carbocycles. The van der Waals surface area contributed by atoms with Gasteiger partial charge in [-0.2, -0.15) is 0 Å². The number of alkyl halides is 1. The highest BCUT2D eigenvalue weighted by Gasteiger charge is 2.42. The smallest absolute Gasteiger partial charge is 0.333 e. The van der Waals surface area contributed by atoms with Crippen molar-refractivity contribution in [2.75, 3.05) is 0 Å². The largest absolute Gasteiger partial charge is 0.439 e. The Kier molecular flexibility index (Phi) is 2.44. The van der Waals surface area contributed by atoms with Crippen molar-refractivity contribution in [3.05, 3.63) is 10.6 Å². The van der Waals surface area contributed by atoms with E-state index in [0.29, 0.717) is 0 Å². The van der Waals surface area contributed by atoms with Crippen molar-refractivity contribution < 1.29 is 9.53 Å². The average molecular weight is 284 g/mol. The Bertz CT molecular complexity index is 222. The zero-order valence-electron chi connectivity index (χ0n) is 6.23. The second-order valence-electron chi connectivity index (χ2n) is 2.71. The van der Waals surface area contributed by atoms with Gasteiger partial charge in [0.15, 0.2) is 0 Å². The normalized spacial score (nSPS) is 30.6. The van der Waals surface area contributed by atoms with Crippen molar-refractivity contribution in [3.8, 4) is 0 Å². The Morgan fingerprint density at radius 2 is 2.18 bits per heavy atom. The van der Waals surface area contributed by atoms with Crippen molar-refractivity contribution in [1.82, 2.24) is 0 Å². The first-order valence-electron chi connectivity index (χ1n) is 3.26. The summed E-state index contributed by atoms with van der Waals surface area (Å²) >= 11 is 6.63. The minimum atomic E-state index is -0.635. The SMILES string of the molecule is CC(C)C1(Br)OC(=O)C=C1Br. The summed E-state index contributed by atoms with van der Waals surface area (Å²) in [5, 5.41) is 0. The summed E-state index contributed by atoms with van der Waals surface area (Å²) in [5.74, 6) is -0.0953. The Morgan fingerprint density at radius 3 is 2.36 bits per heavy atom. The van der Waals surface area contributed by atoms with Gasteiger partial charge in [0.05, 0.1) is 4.48 Å². The van der Waals surface area contributed by atoms with Crippen molar-refractivity contribution >= 4 is 37.8 Å². The van der Waals surface area contributed by atoms with Gasteiger partial charge in [-0.1, -0.05) is 13.8 Å². The van der Waals surface area contributed by atoms with E-state index in [1.807, 2.05) is 13.8 Å². The summed E-state index contributed by atoms with van der Waals surface area (Å²) in [5.41, 5.74) is 0. The van der Waals surface area contributed by atoms with Crippen LogP contribution in [0.25, 0.3) is 0 Å². The van der Waals surface area contributed by atoms with Crippen LogP contribution < -0.4 is 0 Å². The van der Waals surface area contributed by atoms with E-state index in [0.717, 1.165) is 4.48 Å². The standard InChI is InChI=1S/C7H8Br2O2/c1-4(2)7(9)5(8)3-6(10)11-7/h3-4H,1-2H3. The third kappa shape index (κ3) is 1.51. The summed E-state index contributed by atoms with van der Waals surface area (Å²) in [6.07, 6.45) is 1.44. The molecule has 0 radical (unpaired) electrons. The molecule has 0 aromatic rings. The molecule has 0 spiro atoms. The minimum Gasteiger partial charge on any atom is -0.439 e. The van der Waals surface area contributed by atoms with Gasteiger partial charge in [-0.05, 0) is 31.9 Å². The van der Waals surface area contributed by atoms with Gasteiger partial charge < -0.3 is 4.74 Å². The van der Waals surface area contributed by atoms with Crippen LogP contribution >= 0.6 is 31.9 Å². The van der Waals surface area contributed by atoms with E-state index in [2.05, 4.69) is 31.9 Å². The molecule has 1 heterocycles. The number of ether oxygens (including phenoxy) is 1. The summed E-state index contributed by atoms with van der Waals surface area (Å²) in [7, 11) is 0. The predicted octanol–water partition coefficient (Wildman–Crippen LogP) is 2.57. The number of carbonyl (C=O) groups excluding carboxylic acids is 1. The average Bonchev–Trinajstić information content (AvgIpc) is 2.08. The highest BCUT2D eigenvalue weighted by Crippen LogP contribution is 2.43. The number of hydrogen-bond donors (Lipinski definition) is 0. The highest BCUT2D eigenvalue weighted by molar-refractivity contribution is 9.14. The maximum absolute atomic E-state index is 10.8. The third-order valence-corrected chi connectivity index (χ3v) is 4.42. The number of cyclic esters (lactones) is 1. The lowest BCUT2D eigenvalue weighted by Gasteiger charge is -2.25. The molecule has 1 rings (SSSR count). The second kappa shape index (κ2) is 2.90. The van der Waals surface area contributed by atoms with Gasteiger partial charge in [0.1, 0.15) is 0 Å². The Labute approximate surface area is 82.2 Å². The van der Waals surface area contributed by atoms with Gasteiger partial charge in [-0.3, -0.25) is 0 Å². The molecule has 1 aliphatic heterocycles. The van der Waals surface area contributed by atoms with Crippen LogP contribution in [-0.4, -0.2) is 10.5 Å². The monoisotopic (exact) mass is 282 g/mol. The van der Waals surface area contributed by atoms with E-state index >= 15 is 0 Å². The Hall–Kier alpha value is 0.170. The molecule has 0 amide bonds. The first-order valence-corrected chi connectivity index (χ1v) is 4.85. The van der Waals surface area contributed by atoms with Gasteiger partial charge in [-0.25, -0.2) is 4.79 Å². The fourth-order valence-electron chi connectivity index (χ4n) is 0.820. The third-order valence-electron chi connectivity index (χ3n) is 1.56. The van der Waals surface area contributed by atoms with Crippen LogP contribution in [0.3, 0.4) is 0 Å². The van der Waals surface area contributed by atoms with Gasteiger partial charge in [-0.15, -0.1) is 0 Å². The first-order chi connectivity index (χ1) is 4.97. The maximum Gasteiger partial charge on any atom is 0.333 e. The van der Waals surface area contributed by atoms with Crippen molar-refractivity contribution in [3.63, 3.8) is 0 Å². The Balaban J connectivity index is 2.92. The first kappa shape index (κ1) is 9.26. The van der Waals surface area contributed by atoms with Crippen molar-refractivity contribution in [2.45, 2.75) is 18.4 Å². The molecule has 2 nitrogen and oxygen atoms in total. The molecule has 1 unspecified atom stereocenters. The molecule has 0 aromatic heterocycles. The molecule has 0 fully saturated rings. The van der Waals surface area contributed by atoms with Gasteiger partial charge in [0.25, 0.3) is 0 Å². The number of carbonyl (C=O) groups is 1. The number of halogens is 2. The molecule has 62 valence electrons. The second-order valence-corrected chi connectivity index (χ2v) is 4.75. The van der Waals surface area contributed by atoms with Crippen LogP contribution in [-0.2, 0) is 9.53 Å². The lowest BCUT2D eigenvalue weighted by molar-refractivity contribution is -0.141. The van der Waals surface area contributed by atoms with Crippen molar-refractivity contribution in [1.29, 1.82) is 0 Å². The Morgan fingerprint density at radius 1 is 1.64 bits per heavy atom. The molecule has 0 N–H and O–H groups in total. The fourth-order valence-corrected chi connectivity index (χ4v) is 1.82. The van der Waals surface area contributed by atoms with E-state index in [1.54, 1.807) is 0 Å². The van der Waals surface area contributed by atoms with Crippen molar-refractivity contribution in [2.24, 2.45) is 5.92 Å². The molecule has 0 aliphatic carbocycles. The lowest BCUT2D eigenvalue weighted by atomic mass is 10.1. The predicted molar refractivity (Wildman–Crippen MR) is 49.6 cm³/mol. The fraction of sp³-hybridized carbons (Fsp3) is 0.571. The highest BCUT2D eigenvalue weighted by atomic mass is 79.9. The van der Waals surface area contributed by atoms with Crippen LogP contribution in [0.15, 0.2) is 10.6 Å². The molecular formula is C7H8Br2O2. The maximum atomic E-state index is 10.8. The molecule has 0 aromatic carbocycles. The minimum absolute atomic E-state index is 0.208. The topological polar surface area (TPSA) is 26.3 Å². The molecule has 1 aliphatic rings. The molecule has 4 heteroatoms. The molecular weight excluding hydrogens is 276 g/mol. The van der Waals surface area contributed by atoms with Crippen LogP contribution in [0.5, 0.6) is 0 Å². The van der Waals surface area contributed by atoms with Gasteiger partial charge in [0.2, 0.25) is 4.51 Å². The van der Waals surface area contributed by atoms with Gasteiger partial charge in [0, 0.05) is 12.0 Å². The zero-order chi connectivity index (χ0) is 8.65.